The van der Waals surface area contributed by atoms with Crippen LogP contribution < -0.4 is 4.72 Å². The molecule has 0 unspecified atom stereocenters. The molecule has 2 aromatic rings. The first kappa shape index (κ1) is 19.1. The van der Waals surface area contributed by atoms with Crippen LogP contribution in [0.2, 0.25) is 0 Å². The largest absolute Gasteiger partial charge is 0.331 e. The number of rotatable bonds is 7. The number of sulfonamides is 1. The highest BCUT2D eigenvalue weighted by Crippen LogP contribution is 2.30. The Hall–Kier alpha value is -2.69. The average Bonchev–Trinajstić information content (AvgIpc) is 3.49. The summed E-state index contributed by atoms with van der Waals surface area (Å²) in [5, 5.41) is 0. The van der Waals surface area contributed by atoms with Crippen molar-refractivity contribution in [2.24, 2.45) is 0 Å². The number of nitrogens with zero attached hydrogens (tertiary/aromatic N) is 1. The molecule has 1 aliphatic carbocycles. The number of amides is 1. The molecule has 0 heterocycles. The van der Waals surface area contributed by atoms with Crippen LogP contribution in [-0.4, -0.2) is 31.8 Å². The quantitative estimate of drug-likeness (QED) is 0.744. The van der Waals surface area contributed by atoms with E-state index in [0.717, 1.165) is 12.8 Å². The van der Waals surface area contributed by atoms with Gasteiger partial charge in [0.25, 0.3) is 5.91 Å². The molecule has 1 N–H and O–H groups in total. The topological polar surface area (TPSA) is 66.5 Å². The third-order valence-corrected chi connectivity index (χ3v) is 5.64. The lowest BCUT2D eigenvalue weighted by molar-refractivity contribution is 0.0729. The highest BCUT2D eigenvalue weighted by molar-refractivity contribution is 7.89. The summed E-state index contributed by atoms with van der Waals surface area (Å²) in [7, 11) is -3.79. The predicted molar refractivity (Wildman–Crippen MR) is 99.8 cm³/mol. The number of benzene rings is 2. The van der Waals surface area contributed by atoms with E-state index in [1.54, 1.807) is 23.1 Å². The van der Waals surface area contributed by atoms with Gasteiger partial charge in [-0.25, -0.2) is 12.8 Å². The van der Waals surface area contributed by atoms with Gasteiger partial charge in [-0.05, 0) is 48.7 Å². The summed E-state index contributed by atoms with van der Waals surface area (Å²) in [6.45, 7) is 0.141. The Morgan fingerprint density at radius 2 is 1.96 bits per heavy atom. The molecular formula is C20H19FN2O3S. The van der Waals surface area contributed by atoms with Crippen molar-refractivity contribution < 1.29 is 17.6 Å². The van der Waals surface area contributed by atoms with Crippen LogP contribution in [0.1, 0.15) is 28.8 Å². The van der Waals surface area contributed by atoms with Gasteiger partial charge in [-0.1, -0.05) is 24.1 Å². The molecule has 0 bridgehead atoms. The zero-order valence-electron chi connectivity index (χ0n) is 14.6. The molecule has 7 heteroatoms. The molecule has 27 heavy (non-hydrogen) atoms. The third-order valence-electron chi connectivity index (χ3n) is 4.25. The van der Waals surface area contributed by atoms with Crippen molar-refractivity contribution in [2.75, 3.05) is 6.54 Å². The highest BCUT2D eigenvalue weighted by Gasteiger charge is 2.33. The van der Waals surface area contributed by atoms with Gasteiger partial charge in [0.2, 0.25) is 10.0 Å². The van der Waals surface area contributed by atoms with E-state index < -0.39 is 10.0 Å². The van der Waals surface area contributed by atoms with Crippen LogP contribution >= 0.6 is 0 Å². The molecule has 1 amide bonds. The molecular weight excluding hydrogens is 367 g/mol. The molecule has 1 saturated carbocycles. The Balaban J connectivity index is 1.85. The SMILES string of the molecule is C#CCNS(=O)(=O)c1cccc(C(=O)N(Cc2cccc(F)c2)C2CC2)c1. The van der Waals surface area contributed by atoms with E-state index in [0.29, 0.717) is 5.56 Å². The molecule has 0 aromatic heterocycles. The smallest absolute Gasteiger partial charge is 0.254 e. The highest BCUT2D eigenvalue weighted by atomic mass is 32.2. The van der Waals surface area contributed by atoms with Crippen LogP contribution in [0.15, 0.2) is 53.4 Å². The van der Waals surface area contributed by atoms with Crippen molar-refractivity contribution in [3.05, 3.63) is 65.5 Å². The summed E-state index contributed by atoms with van der Waals surface area (Å²) in [4.78, 5) is 14.6. The van der Waals surface area contributed by atoms with Crippen molar-refractivity contribution in [1.29, 1.82) is 0 Å². The second kappa shape index (κ2) is 7.91. The van der Waals surface area contributed by atoms with E-state index in [-0.39, 0.29) is 41.3 Å². The molecule has 2 aromatic carbocycles. The Morgan fingerprint density at radius 1 is 1.22 bits per heavy atom. The van der Waals surface area contributed by atoms with Crippen LogP contribution in [0.3, 0.4) is 0 Å². The van der Waals surface area contributed by atoms with Crippen molar-refractivity contribution in [3.8, 4) is 12.3 Å². The molecule has 0 spiro atoms. The zero-order valence-corrected chi connectivity index (χ0v) is 15.4. The first-order valence-corrected chi connectivity index (χ1v) is 9.97. The molecule has 0 aliphatic heterocycles. The minimum Gasteiger partial charge on any atom is -0.331 e. The van der Waals surface area contributed by atoms with E-state index in [1.165, 1.54) is 30.3 Å². The Bertz CT molecular complexity index is 994. The van der Waals surface area contributed by atoms with E-state index in [9.17, 15) is 17.6 Å². The van der Waals surface area contributed by atoms with Crippen LogP contribution in [0.5, 0.6) is 0 Å². The predicted octanol–water partition coefficient (Wildman–Crippen LogP) is 2.54. The minimum absolute atomic E-state index is 0.0231. The van der Waals surface area contributed by atoms with Crippen molar-refractivity contribution >= 4 is 15.9 Å². The van der Waals surface area contributed by atoms with Crippen molar-refractivity contribution in [2.45, 2.75) is 30.3 Å². The molecule has 0 radical (unpaired) electrons. The molecule has 1 fully saturated rings. The number of carbonyl (C=O) groups excluding carboxylic acids is 1. The summed E-state index contributed by atoms with van der Waals surface area (Å²) >= 11 is 0. The molecule has 0 saturated heterocycles. The zero-order chi connectivity index (χ0) is 19.4. The molecule has 1 aliphatic rings. The van der Waals surface area contributed by atoms with Crippen molar-refractivity contribution in [3.63, 3.8) is 0 Å². The van der Waals surface area contributed by atoms with Gasteiger partial charge in [-0.2, -0.15) is 4.72 Å². The van der Waals surface area contributed by atoms with E-state index in [2.05, 4.69) is 10.6 Å². The van der Waals surface area contributed by atoms with Gasteiger partial charge in [-0.3, -0.25) is 4.79 Å². The number of hydrogen-bond acceptors (Lipinski definition) is 3. The summed E-state index contributed by atoms with van der Waals surface area (Å²) in [5.74, 6) is 1.57. The van der Waals surface area contributed by atoms with E-state index in [1.807, 2.05) is 0 Å². The summed E-state index contributed by atoms with van der Waals surface area (Å²) in [5.41, 5.74) is 0.955. The number of nitrogens with one attached hydrogen (secondary N) is 1. The molecule has 3 rings (SSSR count). The van der Waals surface area contributed by atoms with E-state index in [4.69, 9.17) is 6.42 Å². The maximum Gasteiger partial charge on any atom is 0.254 e. The second-order valence-electron chi connectivity index (χ2n) is 6.35. The van der Waals surface area contributed by atoms with Crippen LogP contribution in [0.25, 0.3) is 0 Å². The monoisotopic (exact) mass is 386 g/mol. The first-order valence-electron chi connectivity index (χ1n) is 8.49. The van der Waals surface area contributed by atoms with Crippen LogP contribution in [0, 0.1) is 18.2 Å². The number of hydrogen-bond donors (Lipinski definition) is 1. The standard InChI is InChI=1S/C20H19FN2O3S/c1-2-11-22-27(25,26)19-8-4-6-16(13-19)20(24)23(18-9-10-18)14-15-5-3-7-17(21)12-15/h1,3-8,12-13,18,22H,9-11,14H2. The Labute approximate surface area is 158 Å². The van der Waals surface area contributed by atoms with Gasteiger partial charge >= 0.3 is 0 Å². The summed E-state index contributed by atoms with van der Waals surface area (Å²) in [6.07, 6.45) is 6.85. The lowest BCUT2D eigenvalue weighted by Gasteiger charge is -2.23. The number of halogens is 1. The maximum absolute atomic E-state index is 13.5. The fourth-order valence-electron chi connectivity index (χ4n) is 2.77. The maximum atomic E-state index is 13.5. The minimum atomic E-state index is -3.79. The fourth-order valence-corrected chi connectivity index (χ4v) is 3.75. The average molecular weight is 386 g/mol. The molecule has 5 nitrogen and oxygen atoms in total. The van der Waals surface area contributed by atoms with Gasteiger partial charge in [0.15, 0.2) is 0 Å². The lowest BCUT2D eigenvalue weighted by Crippen LogP contribution is -2.33. The normalized spacial score (nSPS) is 13.8. The molecule has 140 valence electrons. The Morgan fingerprint density at radius 3 is 2.63 bits per heavy atom. The molecule has 0 atom stereocenters. The third kappa shape index (κ3) is 4.73. The second-order valence-corrected chi connectivity index (χ2v) is 8.12. The van der Waals surface area contributed by atoms with Gasteiger partial charge < -0.3 is 4.90 Å². The number of carbonyl (C=O) groups is 1. The van der Waals surface area contributed by atoms with Crippen molar-refractivity contribution in [1.82, 2.24) is 9.62 Å². The van der Waals surface area contributed by atoms with Gasteiger partial charge in [0, 0.05) is 18.2 Å². The summed E-state index contributed by atoms with van der Waals surface area (Å²) < 4.78 is 40.2. The first-order chi connectivity index (χ1) is 12.9. The van der Waals surface area contributed by atoms with Gasteiger partial charge in [0.05, 0.1) is 11.4 Å². The lowest BCUT2D eigenvalue weighted by atomic mass is 10.1. The number of terminal acetylenes is 1. The van der Waals surface area contributed by atoms with Gasteiger partial charge in [0.1, 0.15) is 5.82 Å². The Kier molecular flexibility index (Phi) is 5.59. The van der Waals surface area contributed by atoms with E-state index >= 15 is 0 Å². The van der Waals surface area contributed by atoms with Crippen LogP contribution in [0.4, 0.5) is 4.39 Å². The summed E-state index contributed by atoms with van der Waals surface area (Å²) in [6, 6.07) is 12.0. The fraction of sp³-hybridized carbons (Fsp3) is 0.250. The van der Waals surface area contributed by atoms with Crippen LogP contribution in [-0.2, 0) is 16.6 Å². The van der Waals surface area contributed by atoms with Gasteiger partial charge in [-0.15, -0.1) is 6.42 Å².